The Morgan fingerprint density at radius 2 is 2.33 bits per heavy atom. The highest BCUT2D eigenvalue weighted by Crippen LogP contribution is 2.14. The molecule has 1 rings (SSSR count). The van der Waals surface area contributed by atoms with Gasteiger partial charge in [-0.05, 0) is 21.0 Å². The van der Waals surface area contributed by atoms with Crippen molar-refractivity contribution in [3.63, 3.8) is 0 Å². The monoisotopic (exact) mass is 254 g/mol. The molecule has 0 aromatic carbocycles. The van der Waals surface area contributed by atoms with Gasteiger partial charge in [0.05, 0.1) is 25.3 Å². The second-order valence-electron chi connectivity index (χ2n) is 4.32. The summed E-state index contributed by atoms with van der Waals surface area (Å²) in [5, 5.41) is 3.20. The quantitative estimate of drug-likeness (QED) is 0.708. The lowest BCUT2D eigenvalue weighted by Crippen LogP contribution is -2.35. The molecule has 0 fully saturated rings. The van der Waals surface area contributed by atoms with Crippen molar-refractivity contribution in [3.8, 4) is 0 Å². The van der Waals surface area contributed by atoms with Crippen LogP contribution in [0.25, 0.3) is 0 Å². The van der Waals surface area contributed by atoms with Crippen molar-refractivity contribution < 1.29 is 9.53 Å². The van der Waals surface area contributed by atoms with Crippen LogP contribution in [0, 0.1) is 0 Å². The summed E-state index contributed by atoms with van der Waals surface area (Å²) in [6.45, 7) is 4.35. The van der Waals surface area contributed by atoms with Crippen molar-refractivity contribution in [2.24, 2.45) is 0 Å². The molecule has 1 heterocycles. The number of hydrogen-bond donors (Lipinski definition) is 1. The fourth-order valence-corrected chi connectivity index (χ4v) is 1.69. The normalized spacial score (nSPS) is 12.7. The molecule has 1 N–H and O–H groups in total. The van der Waals surface area contributed by atoms with Crippen molar-refractivity contribution in [1.82, 2.24) is 19.8 Å². The average molecular weight is 254 g/mol. The van der Waals surface area contributed by atoms with E-state index in [9.17, 15) is 4.79 Å². The van der Waals surface area contributed by atoms with Gasteiger partial charge in [-0.25, -0.2) is 9.78 Å². The molecule has 18 heavy (non-hydrogen) atoms. The number of imidazole rings is 1. The summed E-state index contributed by atoms with van der Waals surface area (Å²) < 4.78 is 6.77. The van der Waals surface area contributed by atoms with Crippen LogP contribution in [-0.2, 0) is 16.1 Å². The highest BCUT2D eigenvalue weighted by atomic mass is 16.5. The molecule has 1 aromatic heterocycles. The third kappa shape index (κ3) is 3.82. The molecule has 0 aliphatic carbocycles. The summed E-state index contributed by atoms with van der Waals surface area (Å²) in [5.74, 6) is -0.288. The number of carbonyl (C=O) groups excluding carboxylic acids is 1. The predicted molar refractivity (Wildman–Crippen MR) is 69.2 cm³/mol. The van der Waals surface area contributed by atoms with E-state index in [4.69, 9.17) is 4.74 Å². The number of nitrogens with one attached hydrogen (secondary N) is 1. The number of hydrogen-bond acceptors (Lipinski definition) is 5. The van der Waals surface area contributed by atoms with Crippen LogP contribution >= 0.6 is 0 Å². The SMILES string of the molecule is CCn1cncc1C(NCCN(C)C)C(=O)OC. The first-order valence-corrected chi connectivity index (χ1v) is 6.06. The highest BCUT2D eigenvalue weighted by molar-refractivity contribution is 5.76. The summed E-state index contributed by atoms with van der Waals surface area (Å²) in [6.07, 6.45) is 3.42. The number of methoxy groups -OCH3 is 1. The first kappa shape index (κ1) is 14.7. The van der Waals surface area contributed by atoms with Crippen LogP contribution in [0.1, 0.15) is 18.7 Å². The van der Waals surface area contributed by atoms with Gasteiger partial charge in [-0.1, -0.05) is 0 Å². The van der Waals surface area contributed by atoms with Crippen LogP contribution in [-0.4, -0.2) is 54.7 Å². The third-order valence-electron chi connectivity index (χ3n) is 2.73. The first-order valence-electron chi connectivity index (χ1n) is 6.06. The van der Waals surface area contributed by atoms with E-state index in [2.05, 4.69) is 15.2 Å². The maximum Gasteiger partial charge on any atom is 0.329 e. The Hall–Kier alpha value is -1.40. The smallest absolute Gasteiger partial charge is 0.329 e. The van der Waals surface area contributed by atoms with Gasteiger partial charge >= 0.3 is 5.97 Å². The molecule has 0 aliphatic rings. The van der Waals surface area contributed by atoms with Crippen LogP contribution in [0.15, 0.2) is 12.5 Å². The Kier molecular flexibility index (Phi) is 5.80. The van der Waals surface area contributed by atoms with Crippen molar-refractivity contribution >= 4 is 5.97 Å². The largest absolute Gasteiger partial charge is 0.468 e. The number of nitrogens with zero attached hydrogens (tertiary/aromatic N) is 3. The van der Waals surface area contributed by atoms with Gasteiger partial charge in [0.15, 0.2) is 0 Å². The minimum atomic E-state index is -0.461. The molecule has 0 saturated carbocycles. The molecule has 0 amide bonds. The van der Waals surface area contributed by atoms with Gasteiger partial charge in [0, 0.05) is 19.6 Å². The maximum absolute atomic E-state index is 11.8. The fraction of sp³-hybridized carbons (Fsp3) is 0.667. The summed E-state index contributed by atoms with van der Waals surface area (Å²) in [4.78, 5) is 17.9. The Morgan fingerprint density at radius 3 is 2.89 bits per heavy atom. The van der Waals surface area contributed by atoms with E-state index in [0.717, 1.165) is 18.8 Å². The zero-order valence-corrected chi connectivity index (χ0v) is 11.5. The Labute approximate surface area is 108 Å². The molecule has 0 saturated heterocycles. The molecule has 1 aromatic rings. The summed E-state index contributed by atoms with van der Waals surface area (Å²) in [6, 6.07) is -0.461. The van der Waals surface area contributed by atoms with E-state index < -0.39 is 6.04 Å². The molecular weight excluding hydrogens is 232 g/mol. The lowest BCUT2D eigenvalue weighted by Gasteiger charge is -2.19. The number of likely N-dealkylation sites (N-methyl/N-ethyl adjacent to an activating group) is 1. The Balaban J connectivity index is 2.75. The molecule has 1 atom stereocenters. The van der Waals surface area contributed by atoms with E-state index in [1.165, 1.54) is 7.11 Å². The topological polar surface area (TPSA) is 59.4 Å². The van der Waals surface area contributed by atoms with Gasteiger partial charge in [-0.2, -0.15) is 0 Å². The Bertz CT molecular complexity index is 376. The molecule has 0 spiro atoms. The number of ether oxygens (including phenoxy) is 1. The van der Waals surface area contributed by atoms with Gasteiger partial charge in [-0.15, -0.1) is 0 Å². The summed E-state index contributed by atoms with van der Waals surface area (Å²) in [7, 11) is 5.38. The lowest BCUT2D eigenvalue weighted by molar-refractivity contribution is -0.143. The van der Waals surface area contributed by atoms with E-state index in [-0.39, 0.29) is 5.97 Å². The number of carbonyl (C=O) groups is 1. The van der Waals surface area contributed by atoms with Gasteiger partial charge in [-0.3, -0.25) is 5.32 Å². The average Bonchev–Trinajstić information content (AvgIpc) is 2.81. The zero-order valence-electron chi connectivity index (χ0n) is 11.5. The van der Waals surface area contributed by atoms with Gasteiger partial charge in [0.1, 0.15) is 6.04 Å². The molecule has 102 valence electrons. The standard InChI is InChI=1S/C12H22N4O2/c1-5-16-9-13-8-10(16)11(12(17)18-4)14-6-7-15(2)3/h8-9,11,14H,5-7H2,1-4H3. The van der Waals surface area contributed by atoms with Crippen molar-refractivity contribution in [3.05, 3.63) is 18.2 Å². The van der Waals surface area contributed by atoms with Crippen LogP contribution in [0.5, 0.6) is 0 Å². The van der Waals surface area contributed by atoms with Crippen molar-refractivity contribution in [2.75, 3.05) is 34.3 Å². The molecule has 1 unspecified atom stereocenters. The minimum absolute atomic E-state index is 0.288. The van der Waals surface area contributed by atoms with Crippen LogP contribution < -0.4 is 5.32 Å². The predicted octanol–water partition coefficient (Wildman–Crippen LogP) is 0.268. The minimum Gasteiger partial charge on any atom is -0.468 e. The van der Waals surface area contributed by atoms with E-state index in [1.807, 2.05) is 25.6 Å². The van der Waals surface area contributed by atoms with Gasteiger partial charge in [0.2, 0.25) is 0 Å². The van der Waals surface area contributed by atoms with Crippen molar-refractivity contribution in [1.29, 1.82) is 0 Å². The highest BCUT2D eigenvalue weighted by Gasteiger charge is 2.23. The lowest BCUT2D eigenvalue weighted by atomic mass is 10.2. The van der Waals surface area contributed by atoms with E-state index >= 15 is 0 Å². The maximum atomic E-state index is 11.8. The van der Waals surface area contributed by atoms with E-state index in [1.54, 1.807) is 12.5 Å². The van der Waals surface area contributed by atoms with E-state index in [0.29, 0.717) is 6.54 Å². The van der Waals surface area contributed by atoms with Crippen LogP contribution in [0.4, 0.5) is 0 Å². The van der Waals surface area contributed by atoms with Gasteiger partial charge < -0.3 is 14.2 Å². The molecule has 0 bridgehead atoms. The van der Waals surface area contributed by atoms with Crippen LogP contribution in [0.3, 0.4) is 0 Å². The molecule has 6 heteroatoms. The third-order valence-corrected chi connectivity index (χ3v) is 2.73. The van der Waals surface area contributed by atoms with Crippen molar-refractivity contribution in [2.45, 2.75) is 19.5 Å². The number of esters is 1. The number of aryl methyl sites for hydroxylation is 1. The first-order chi connectivity index (χ1) is 8.60. The molecule has 0 aliphatic heterocycles. The number of rotatable bonds is 7. The summed E-state index contributed by atoms with van der Waals surface area (Å²) in [5.41, 5.74) is 0.836. The number of aromatic nitrogens is 2. The Morgan fingerprint density at radius 1 is 1.61 bits per heavy atom. The fourth-order valence-electron chi connectivity index (χ4n) is 1.69. The summed E-state index contributed by atoms with van der Waals surface area (Å²) >= 11 is 0. The van der Waals surface area contributed by atoms with Gasteiger partial charge in [0.25, 0.3) is 0 Å². The van der Waals surface area contributed by atoms with Crippen LogP contribution in [0.2, 0.25) is 0 Å². The molecule has 6 nitrogen and oxygen atoms in total. The molecular formula is C12H22N4O2. The second-order valence-corrected chi connectivity index (χ2v) is 4.32. The second kappa shape index (κ2) is 7.13. The molecule has 0 radical (unpaired) electrons. The zero-order chi connectivity index (χ0) is 13.5.